The summed E-state index contributed by atoms with van der Waals surface area (Å²) in [6.07, 6.45) is 1.71. The largest absolute Gasteiger partial charge is 0.444 e. The van der Waals surface area contributed by atoms with Crippen LogP contribution in [0.3, 0.4) is 0 Å². The molecule has 0 N–H and O–H groups in total. The van der Waals surface area contributed by atoms with Gasteiger partial charge < -0.3 is 9.32 Å². The van der Waals surface area contributed by atoms with Crippen molar-refractivity contribution in [1.29, 1.82) is 5.26 Å². The average molecular weight is 331 g/mol. The van der Waals surface area contributed by atoms with Gasteiger partial charge >= 0.3 is 0 Å². The molecule has 0 aliphatic rings. The monoisotopic (exact) mass is 331 g/mol. The molecule has 0 unspecified atom stereocenters. The van der Waals surface area contributed by atoms with Crippen LogP contribution in [0.5, 0.6) is 0 Å². The Labute approximate surface area is 146 Å². The Morgan fingerprint density at radius 3 is 2.56 bits per heavy atom. The number of likely N-dealkylation sites (N-methyl/N-ethyl adjacent to an activating group) is 1. The molecule has 1 amide bonds. The number of hydrogen-bond acceptors (Lipinski definition) is 4. The van der Waals surface area contributed by atoms with Gasteiger partial charge in [0, 0.05) is 19.2 Å². The standard InChI is InChI=1S/C20H17N3O2/c1-23(13-16-9-7-15(12-21)8-10-16)19(24)11-18-14-25-20(22-18)17-5-3-2-4-6-17/h2-10,14H,11,13H2,1H3. The van der Waals surface area contributed by atoms with E-state index in [1.165, 1.54) is 6.26 Å². The highest BCUT2D eigenvalue weighted by Crippen LogP contribution is 2.18. The van der Waals surface area contributed by atoms with E-state index in [1.54, 1.807) is 24.1 Å². The van der Waals surface area contributed by atoms with Crippen LogP contribution in [0.4, 0.5) is 0 Å². The zero-order valence-electron chi connectivity index (χ0n) is 13.8. The molecular formula is C20H17N3O2. The third-order valence-electron chi connectivity index (χ3n) is 3.83. The lowest BCUT2D eigenvalue weighted by Gasteiger charge is -2.16. The third-order valence-corrected chi connectivity index (χ3v) is 3.83. The van der Waals surface area contributed by atoms with Crippen LogP contribution in [0.25, 0.3) is 11.5 Å². The van der Waals surface area contributed by atoms with Crippen LogP contribution < -0.4 is 0 Å². The maximum atomic E-state index is 12.4. The van der Waals surface area contributed by atoms with Gasteiger partial charge in [-0.1, -0.05) is 30.3 Å². The SMILES string of the molecule is CN(Cc1ccc(C#N)cc1)C(=O)Cc1coc(-c2ccccc2)n1. The Kier molecular flexibility index (Phi) is 4.91. The zero-order chi connectivity index (χ0) is 17.6. The normalized spacial score (nSPS) is 10.2. The maximum absolute atomic E-state index is 12.4. The summed E-state index contributed by atoms with van der Waals surface area (Å²) >= 11 is 0. The van der Waals surface area contributed by atoms with E-state index in [0.29, 0.717) is 23.7 Å². The van der Waals surface area contributed by atoms with Gasteiger partial charge in [-0.2, -0.15) is 5.26 Å². The minimum atomic E-state index is -0.0442. The molecule has 0 radical (unpaired) electrons. The Hall–Kier alpha value is -3.39. The first-order valence-electron chi connectivity index (χ1n) is 7.88. The first-order chi connectivity index (χ1) is 12.2. The molecule has 0 saturated heterocycles. The number of oxazole rings is 1. The number of aromatic nitrogens is 1. The number of hydrogen-bond donors (Lipinski definition) is 0. The van der Waals surface area contributed by atoms with Crippen molar-refractivity contribution in [2.45, 2.75) is 13.0 Å². The number of amides is 1. The van der Waals surface area contributed by atoms with Crippen molar-refractivity contribution in [3.8, 4) is 17.5 Å². The average Bonchev–Trinajstić information content (AvgIpc) is 3.11. The van der Waals surface area contributed by atoms with Gasteiger partial charge in [0.25, 0.3) is 0 Å². The smallest absolute Gasteiger partial charge is 0.228 e. The molecule has 2 aromatic carbocycles. The summed E-state index contributed by atoms with van der Waals surface area (Å²) in [6, 6.07) is 18.9. The fourth-order valence-corrected chi connectivity index (χ4v) is 2.44. The van der Waals surface area contributed by atoms with E-state index in [2.05, 4.69) is 11.1 Å². The van der Waals surface area contributed by atoms with Crippen LogP contribution in [-0.2, 0) is 17.8 Å². The fourth-order valence-electron chi connectivity index (χ4n) is 2.44. The molecule has 3 aromatic rings. The second-order valence-electron chi connectivity index (χ2n) is 5.75. The predicted molar refractivity (Wildman–Crippen MR) is 93.3 cm³/mol. The lowest BCUT2D eigenvalue weighted by atomic mass is 10.1. The molecule has 0 fully saturated rings. The highest BCUT2D eigenvalue weighted by Gasteiger charge is 2.14. The molecule has 1 aromatic heterocycles. The van der Waals surface area contributed by atoms with E-state index in [0.717, 1.165) is 11.1 Å². The lowest BCUT2D eigenvalue weighted by Crippen LogP contribution is -2.27. The molecule has 0 atom stereocenters. The molecule has 5 heteroatoms. The second kappa shape index (κ2) is 7.45. The van der Waals surface area contributed by atoms with Crippen LogP contribution in [0.1, 0.15) is 16.8 Å². The van der Waals surface area contributed by atoms with E-state index in [-0.39, 0.29) is 12.3 Å². The molecule has 0 aliphatic heterocycles. The summed E-state index contributed by atoms with van der Waals surface area (Å²) < 4.78 is 5.46. The summed E-state index contributed by atoms with van der Waals surface area (Å²) in [7, 11) is 1.75. The van der Waals surface area contributed by atoms with Gasteiger partial charge in [0.1, 0.15) is 6.26 Å². The number of nitriles is 1. The first-order valence-corrected chi connectivity index (χ1v) is 7.88. The van der Waals surface area contributed by atoms with E-state index in [9.17, 15) is 4.79 Å². The predicted octanol–water partition coefficient (Wildman–Crippen LogP) is 3.41. The molecule has 1 heterocycles. The van der Waals surface area contributed by atoms with E-state index >= 15 is 0 Å². The summed E-state index contributed by atoms with van der Waals surface area (Å²) in [5.41, 5.74) is 3.07. The van der Waals surface area contributed by atoms with Gasteiger partial charge in [-0.15, -0.1) is 0 Å². The molecule has 3 rings (SSSR count). The second-order valence-corrected chi connectivity index (χ2v) is 5.75. The van der Waals surface area contributed by atoms with Gasteiger partial charge in [0.2, 0.25) is 11.8 Å². The molecular weight excluding hydrogens is 314 g/mol. The minimum absolute atomic E-state index is 0.0442. The number of carbonyl (C=O) groups is 1. The van der Waals surface area contributed by atoms with Crippen LogP contribution in [-0.4, -0.2) is 22.8 Å². The quantitative estimate of drug-likeness (QED) is 0.718. The van der Waals surface area contributed by atoms with Crippen molar-refractivity contribution < 1.29 is 9.21 Å². The zero-order valence-corrected chi connectivity index (χ0v) is 13.8. The van der Waals surface area contributed by atoms with Crippen molar-refractivity contribution in [3.63, 3.8) is 0 Å². The van der Waals surface area contributed by atoms with Crippen molar-refractivity contribution in [2.24, 2.45) is 0 Å². The van der Waals surface area contributed by atoms with Gasteiger partial charge in [-0.3, -0.25) is 4.79 Å². The Morgan fingerprint density at radius 2 is 1.88 bits per heavy atom. The maximum Gasteiger partial charge on any atom is 0.228 e. The highest BCUT2D eigenvalue weighted by molar-refractivity contribution is 5.78. The summed E-state index contributed by atoms with van der Waals surface area (Å²) in [5, 5.41) is 8.82. The van der Waals surface area contributed by atoms with E-state index in [4.69, 9.17) is 9.68 Å². The summed E-state index contributed by atoms with van der Waals surface area (Å²) in [6.45, 7) is 0.480. The Bertz CT molecular complexity index is 893. The molecule has 25 heavy (non-hydrogen) atoms. The van der Waals surface area contributed by atoms with Crippen molar-refractivity contribution >= 4 is 5.91 Å². The Morgan fingerprint density at radius 1 is 1.16 bits per heavy atom. The van der Waals surface area contributed by atoms with E-state index < -0.39 is 0 Å². The van der Waals surface area contributed by atoms with Crippen molar-refractivity contribution in [3.05, 3.63) is 77.7 Å². The number of rotatable bonds is 5. The summed E-state index contributed by atoms with van der Waals surface area (Å²) in [4.78, 5) is 18.4. The lowest BCUT2D eigenvalue weighted by molar-refractivity contribution is -0.129. The van der Waals surface area contributed by atoms with Crippen LogP contribution in [0.15, 0.2) is 65.3 Å². The van der Waals surface area contributed by atoms with E-state index in [1.807, 2.05) is 42.5 Å². The highest BCUT2D eigenvalue weighted by atomic mass is 16.3. The summed E-state index contributed by atoms with van der Waals surface area (Å²) in [5.74, 6) is 0.468. The first kappa shape index (κ1) is 16.5. The van der Waals surface area contributed by atoms with Gasteiger partial charge in [0.15, 0.2) is 0 Å². The van der Waals surface area contributed by atoms with Crippen LogP contribution in [0.2, 0.25) is 0 Å². The van der Waals surface area contributed by atoms with Crippen LogP contribution in [0, 0.1) is 11.3 Å². The molecule has 0 spiro atoms. The Balaban J connectivity index is 1.61. The van der Waals surface area contributed by atoms with Gasteiger partial charge in [0.05, 0.1) is 23.7 Å². The van der Waals surface area contributed by atoms with Gasteiger partial charge in [-0.25, -0.2) is 4.98 Å². The van der Waals surface area contributed by atoms with Crippen molar-refractivity contribution in [1.82, 2.24) is 9.88 Å². The van der Waals surface area contributed by atoms with Crippen molar-refractivity contribution in [2.75, 3.05) is 7.05 Å². The molecule has 0 saturated carbocycles. The van der Waals surface area contributed by atoms with Gasteiger partial charge in [-0.05, 0) is 29.8 Å². The minimum Gasteiger partial charge on any atom is -0.444 e. The molecule has 124 valence electrons. The topological polar surface area (TPSA) is 70.1 Å². The molecule has 5 nitrogen and oxygen atoms in total. The number of nitrogens with zero attached hydrogens (tertiary/aromatic N) is 3. The third kappa shape index (κ3) is 4.12. The van der Waals surface area contributed by atoms with Crippen LogP contribution >= 0.6 is 0 Å². The number of carbonyl (C=O) groups excluding carboxylic acids is 1. The molecule has 0 aliphatic carbocycles. The molecule has 0 bridgehead atoms. The number of benzene rings is 2. The fraction of sp³-hybridized carbons (Fsp3) is 0.150.